The maximum atomic E-state index is 4.31. The lowest BCUT2D eigenvalue weighted by molar-refractivity contribution is 0.762. The zero-order valence-corrected chi connectivity index (χ0v) is 10.6. The van der Waals surface area contributed by atoms with Crippen molar-refractivity contribution in [2.45, 2.75) is 33.1 Å². The highest BCUT2D eigenvalue weighted by atomic mass is 15.2. The quantitative estimate of drug-likeness (QED) is 0.863. The lowest BCUT2D eigenvalue weighted by Gasteiger charge is -2.09. The molecule has 0 spiro atoms. The topological polar surface area (TPSA) is 41.9 Å². The van der Waals surface area contributed by atoms with Crippen LogP contribution < -0.4 is 10.6 Å². The normalized spacial score (nSPS) is 13.6. The van der Waals surface area contributed by atoms with Crippen LogP contribution in [-0.4, -0.2) is 9.55 Å². The van der Waals surface area contributed by atoms with Crippen LogP contribution in [0.15, 0.2) is 30.6 Å². The van der Waals surface area contributed by atoms with Gasteiger partial charge in [0.25, 0.3) is 0 Å². The number of rotatable bonds is 4. The Bertz CT molecular complexity index is 544. The Hall–Kier alpha value is -1.81. The standard InChI is InChI=1S/C14H18N4/c1-2-18-6-5-16-14(18)17-8-11-3-4-12-9-15-10-13(12)7-11/h3-7,15H,2,8-10H2,1H3,(H,16,17). The number of nitrogens with one attached hydrogen (secondary N) is 2. The number of aromatic nitrogens is 2. The summed E-state index contributed by atoms with van der Waals surface area (Å²) in [5, 5.41) is 6.75. The molecule has 2 heterocycles. The molecule has 0 saturated heterocycles. The first-order valence-electron chi connectivity index (χ1n) is 6.43. The van der Waals surface area contributed by atoms with Gasteiger partial charge in [0.05, 0.1) is 0 Å². The summed E-state index contributed by atoms with van der Waals surface area (Å²) in [5.41, 5.74) is 4.16. The van der Waals surface area contributed by atoms with E-state index >= 15 is 0 Å². The summed E-state index contributed by atoms with van der Waals surface area (Å²) >= 11 is 0. The average molecular weight is 242 g/mol. The molecule has 94 valence electrons. The van der Waals surface area contributed by atoms with E-state index in [2.05, 4.69) is 45.3 Å². The van der Waals surface area contributed by atoms with Crippen LogP contribution in [0.1, 0.15) is 23.6 Å². The van der Waals surface area contributed by atoms with Gasteiger partial charge in [0.1, 0.15) is 0 Å². The molecular formula is C14H18N4. The second kappa shape index (κ2) is 4.82. The van der Waals surface area contributed by atoms with Crippen molar-refractivity contribution in [2.75, 3.05) is 5.32 Å². The Morgan fingerprint density at radius 3 is 3.11 bits per heavy atom. The van der Waals surface area contributed by atoms with Gasteiger partial charge in [-0.2, -0.15) is 0 Å². The van der Waals surface area contributed by atoms with Crippen LogP contribution in [0.3, 0.4) is 0 Å². The highest BCUT2D eigenvalue weighted by Crippen LogP contribution is 2.17. The summed E-state index contributed by atoms with van der Waals surface area (Å²) in [6.07, 6.45) is 3.83. The van der Waals surface area contributed by atoms with Gasteiger partial charge < -0.3 is 15.2 Å². The number of anilines is 1. The van der Waals surface area contributed by atoms with Crippen molar-refractivity contribution in [1.82, 2.24) is 14.9 Å². The fourth-order valence-electron chi connectivity index (χ4n) is 2.37. The van der Waals surface area contributed by atoms with E-state index in [0.717, 1.165) is 32.1 Å². The highest BCUT2D eigenvalue weighted by molar-refractivity contribution is 5.36. The van der Waals surface area contributed by atoms with Crippen molar-refractivity contribution in [3.8, 4) is 0 Å². The third-order valence-corrected chi connectivity index (χ3v) is 3.41. The maximum absolute atomic E-state index is 4.31. The maximum Gasteiger partial charge on any atom is 0.203 e. The van der Waals surface area contributed by atoms with Crippen molar-refractivity contribution in [3.05, 3.63) is 47.3 Å². The van der Waals surface area contributed by atoms with Crippen LogP contribution in [-0.2, 0) is 26.2 Å². The van der Waals surface area contributed by atoms with Gasteiger partial charge in [-0.3, -0.25) is 0 Å². The van der Waals surface area contributed by atoms with E-state index in [4.69, 9.17) is 0 Å². The van der Waals surface area contributed by atoms with Crippen molar-refractivity contribution in [2.24, 2.45) is 0 Å². The molecule has 0 aliphatic carbocycles. The average Bonchev–Trinajstić information content (AvgIpc) is 3.04. The molecule has 0 radical (unpaired) electrons. The number of aryl methyl sites for hydroxylation is 1. The minimum atomic E-state index is 0.824. The SMILES string of the molecule is CCn1ccnc1NCc1ccc2c(c1)CNC2. The minimum absolute atomic E-state index is 0.824. The molecule has 3 rings (SSSR count). The van der Waals surface area contributed by atoms with Crippen LogP contribution >= 0.6 is 0 Å². The number of hydrogen-bond acceptors (Lipinski definition) is 3. The summed E-state index contributed by atoms with van der Waals surface area (Å²) in [7, 11) is 0. The Morgan fingerprint density at radius 1 is 1.33 bits per heavy atom. The summed E-state index contributed by atoms with van der Waals surface area (Å²) in [6, 6.07) is 6.69. The smallest absolute Gasteiger partial charge is 0.203 e. The molecule has 1 aromatic heterocycles. The summed E-state index contributed by atoms with van der Waals surface area (Å²) < 4.78 is 2.11. The second-order valence-corrected chi connectivity index (χ2v) is 4.60. The number of nitrogens with zero attached hydrogens (tertiary/aromatic N) is 2. The first-order valence-corrected chi connectivity index (χ1v) is 6.43. The van der Waals surface area contributed by atoms with E-state index in [0.29, 0.717) is 0 Å². The molecule has 2 N–H and O–H groups in total. The highest BCUT2D eigenvalue weighted by Gasteiger charge is 2.10. The summed E-state index contributed by atoms with van der Waals surface area (Å²) in [5.74, 6) is 0.941. The fourth-order valence-corrected chi connectivity index (χ4v) is 2.37. The molecule has 0 amide bonds. The zero-order valence-electron chi connectivity index (χ0n) is 10.6. The molecule has 0 fully saturated rings. The van der Waals surface area contributed by atoms with E-state index < -0.39 is 0 Å². The third-order valence-electron chi connectivity index (χ3n) is 3.41. The van der Waals surface area contributed by atoms with Crippen molar-refractivity contribution >= 4 is 5.95 Å². The zero-order chi connectivity index (χ0) is 12.4. The lowest BCUT2D eigenvalue weighted by Crippen LogP contribution is -2.06. The third kappa shape index (κ3) is 2.11. The Morgan fingerprint density at radius 2 is 2.22 bits per heavy atom. The largest absolute Gasteiger partial charge is 0.352 e. The fraction of sp³-hybridized carbons (Fsp3) is 0.357. The molecule has 0 unspecified atom stereocenters. The van der Waals surface area contributed by atoms with Crippen molar-refractivity contribution < 1.29 is 0 Å². The van der Waals surface area contributed by atoms with Crippen LogP contribution in [0.25, 0.3) is 0 Å². The molecule has 1 aliphatic heterocycles. The number of hydrogen-bond donors (Lipinski definition) is 2. The van der Waals surface area contributed by atoms with Gasteiger partial charge in [-0.15, -0.1) is 0 Å². The van der Waals surface area contributed by atoms with Crippen LogP contribution in [0.2, 0.25) is 0 Å². The predicted octanol–water partition coefficient (Wildman–Crippen LogP) is 2.12. The predicted molar refractivity (Wildman–Crippen MR) is 72.2 cm³/mol. The molecule has 1 aromatic carbocycles. The van der Waals surface area contributed by atoms with Gasteiger partial charge in [-0.1, -0.05) is 18.2 Å². The Balaban J connectivity index is 1.70. The summed E-state index contributed by atoms with van der Waals surface area (Å²) in [4.78, 5) is 4.31. The molecule has 4 heteroatoms. The second-order valence-electron chi connectivity index (χ2n) is 4.60. The number of benzene rings is 1. The molecule has 0 bridgehead atoms. The molecule has 18 heavy (non-hydrogen) atoms. The van der Waals surface area contributed by atoms with Gasteiger partial charge in [0.2, 0.25) is 5.95 Å². The molecule has 0 atom stereocenters. The minimum Gasteiger partial charge on any atom is -0.352 e. The van der Waals surface area contributed by atoms with E-state index in [-0.39, 0.29) is 0 Å². The molecule has 4 nitrogen and oxygen atoms in total. The van der Waals surface area contributed by atoms with Gasteiger partial charge in [0, 0.05) is 38.6 Å². The first kappa shape index (κ1) is 11.3. The molecule has 1 aliphatic rings. The van der Waals surface area contributed by atoms with E-state index in [1.54, 1.807) is 0 Å². The Kier molecular flexibility index (Phi) is 3.02. The summed E-state index contributed by atoms with van der Waals surface area (Å²) in [6.45, 7) is 5.88. The van der Waals surface area contributed by atoms with Crippen LogP contribution in [0.4, 0.5) is 5.95 Å². The molecule has 2 aromatic rings. The molecular weight excluding hydrogens is 224 g/mol. The Labute approximate surface area is 107 Å². The lowest BCUT2D eigenvalue weighted by atomic mass is 10.1. The van der Waals surface area contributed by atoms with Gasteiger partial charge in [-0.05, 0) is 23.6 Å². The monoisotopic (exact) mass is 242 g/mol. The van der Waals surface area contributed by atoms with Crippen molar-refractivity contribution in [3.63, 3.8) is 0 Å². The number of imidazole rings is 1. The van der Waals surface area contributed by atoms with Crippen molar-refractivity contribution in [1.29, 1.82) is 0 Å². The van der Waals surface area contributed by atoms with Crippen LogP contribution in [0.5, 0.6) is 0 Å². The first-order chi connectivity index (χ1) is 8.86. The van der Waals surface area contributed by atoms with E-state index in [9.17, 15) is 0 Å². The number of fused-ring (bicyclic) bond motifs is 1. The van der Waals surface area contributed by atoms with Crippen LogP contribution in [0, 0.1) is 0 Å². The van der Waals surface area contributed by atoms with E-state index in [1.165, 1.54) is 16.7 Å². The van der Waals surface area contributed by atoms with Gasteiger partial charge in [0.15, 0.2) is 0 Å². The van der Waals surface area contributed by atoms with Gasteiger partial charge >= 0.3 is 0 Å². The van der Waals surface area contributed by atoms with E-state index in [1.807, 2.05) is 12.4 Å². The van der Waals surface area contributed by atoms with Gasteiger partial charge in [-0.25, -0.2) is 4.98 Å². The molecule has 0 saturated carbocycles.